The van der Waals surface area contributed by atoms with Crippen LogP contribution in [0.3, 0.4) is 0 Å². The van der Waals surface area contributed by atoms with E-state index in [2.05, 4.69) is 78.7 Å². The predicted molar refractivity (Wildman–Crippen MR) is 131 cm³/mol. The molecule has 0 amide bonds. The standard InChI is InChI=1S/C26H32N6O/c1-5-6-7-10-21-18-32(26(2,3)4)25(33)31(21)17-19-13-15-20(16-14-19)22-11-8-9-12-23(22)24-27-29-30-28-24/h8-9,11-16,18H,5-7,10,17H2,1-4H3,(H,27,28,29,30). The number of aryl methyl sites for hydroxylation is 1. The van der Waals surface area contributed by atoms with Crippen LogP contribution in [-0.4, -0.2) is 29.8 Å². The van der Waals surface area contributed by atoms with Crippen LogP contribution in [-0.2, 0) is 18.5 Å². The fourth-order valence-electron chi connectivity index (χ4n) is 4.11. The Morgan fingerprint density at radius 3 is 2.33 bits per heavy atom. The Bertz CT molecular complexity index is 1240. The Hall–Kier alpha value is -3.48. The van der Waals surface area contributed by atoms with E-state index in [0.29, 0.717) is 12.4 Å². The van der Waals surface area contributed by atoms with Gasteiger partial charge in [0.15, 0.2) is 0 Å². The molecule has 0 aliphatic carbocycles. The molecule has 4 rings (SSSR count). The molecule has 7 nitrogen and oxygen atoms in total. The number of rotatable bonds is 8. The Morgan fingerprint density at radius 2 is 1.70 bits per heavy atom. The Kier molecular flexibility index (Phi) is 6.58. The summed E-state index contributed by atoms with van der Waals surface area (Å²) in [5, 5.41) is 14.5. The summed E-state index contributed by atoms with van der Waals surface area (Å²) in [7, 11) is 0. The molecule has 0 spiro atoms. The molecule has 2 heterocycles. The molecule has 2 aromatic heterocycles. The van der Waals surface area contributed by atoms with Gasteiger partial charge >= 0.3 is 5.69 Å². The van der Waals surface area contributed by atoms with Crippen molar-refractivity contribution in [2.24, 2.45) is 0 Å². The van der Waals surface area contributed by atoms with Gasteiger partial charge in [0.25, 0.3) is 0 Å². The first kappa shape index (κ1) is 22.7. The first-order valence-corrected chi connectivity index (χ1v) is 11.6. The summed E-state index contributed by atoms with van der Waals surface area (Å²) >= 11 is 0. The zero-order valence-corrected chi connectivity index (χ0v) is 19.9. The second-order valence-corrected chi connectivity index (χ2v) is 9.47. The number of unbranched alkanes of at least 4 members (excludes halogenated alkanes) is 2. The van der Waals surface area contributed by atoms with Gasteiger partial charge < -0.3 is 0 Å². The summed E-state index contributed by atoms with van der Waals surface area (Å²) in [5.74, 6) is 0.571. The van der Waals surface area contributed by atoms with E-state index in [0.717, 1.165) is 47.2 Å². The van der Waals surface area contributed by atoms with Gasteiger partial charge in [-0.05, 0) is 55.5 Å². The maximum absolute atomic E-state index is 13.2. The highest BCUT2D eigenvalue weighted by Crippen LogP contribution is 2.29. The van der Waals surface area contributed by atoms with Gasteiger partial charge in [0.1, 0.15) is 0 Å². The molecular weight excluding hydrogens is 412 g/mol. The van der Waals surface area contributed by atoms with Gasteiger partial charge in [0, 0.05) is 23.0 Å². The maximum Gasteiger partial charge on any atom is 0.329 e. The van der Waals surface area contributed by atoms with Crippen LogP contribution in [0.2, 0.25) is 0 Å². The van der Waals surface area contributed by atoms with E-state index in [1.807, 2.05) is 33.5 Å². The molecule has 4 aromatic rings. The van der Waals surface area contributed by atoms with E-state index in [1.165, 1.54) is 6.42 Å². The molecule has 2 aromatic carbocycles. The average molecular weight is 445 g/mol. The molecule has 7 heteroatoms. The first-order chi connectivity index (χ1) is 15.9. The van der Waals surface area contributed by atoms with Crippen LogP contribution in [0.4, 0.5) is 0 Å². The summed E-state index contributed by atoms with van der Waals surface area (Å²) in [5.41, 5.74) is 5.06. The van der Waals surface area contributed by atoms with Crippen LogP contribution in [0.5, 0.6) is 0 Å². The van der Waals surface area contributed by atoms with Crippen LogP contribution in [0.25, 0.3) is 22.5 Å². The molecule has 172 valence electrons. The van der Waals surface area contributed by atoms with Crippen LogP contribution < -0.4 is 5.69 Å². The van der Waals surface area contributed by atoms with Gasteiger partial charge in [0.05, 0.1) is 6.54 Å². The van der Waals surface area contributed by atoms with Crippen molar-refractivity contribution in [2.75, 3.05) is 0 Å². The molecule has 0 saturated carbocycles. The highest BCUT2D eigenvalue weighted by molar-refractivity contribution is 5.80. The number of H-pyrrole nitrogens is 1. The Labute approximate surface area is 194 Å². The number of aromatic amines is 1. The van der Waals surface area contributed by atoms with E-state index >= 15 is 0 Å². The molecule has 0 saturated heterocycles. The van der Waals surface area contributed by atoms with Gasteiger partial charge in [-0.2, -0.15) is 5.21 Å². The summed E-state index contributed by atoms with van der Waals surface area (Å²) in [6.07, 6.45) is 6.39. The molecule has 0 radical (unpaired) electrons. The van der Waals surface area contributed by atoms with E-state index in [4.69, 9.17) is 0 Å². The normalized spacial score (nSPS) is 11.8. The largest absolute Gasteiger partial charge is 0.329 e. The third-order valence-electron chi connectivity index (χ3n) is 5.94. The van der Waals surface area contributed by atoms with E-state index in [1.54, 1.807) is 0 Å². The molecule has 0 aliphatic rings. The minimum absolute atomic E-state index is 0.0560. The lowest BCUT2D eigenvalue weighted by atomic mass is 9.98. The van der Waals surface area contributed by atoms with Crippen LogP contribution in [0.15, 0.2) is 59.5 Å². The van der Waals surface area contributed by atoms with Crippen molar-refractivity contribution >= 4 is 0 Å². The SMILES string of the molecule is CCCCCc1cn(C(C)(C)C)c(=O)n1Cc1ccc(-c2ccccc2-c2nn[nH]n2)cc1. The van der Waals surface area contributed by atoms with Gasteiger partial charge in [0.2, 0.25) is 5.82 Å². The minimum Gasteiger partial charge on any atom is -0.294 e. The van der Waals surface area contributed by atoms with Gasteiger partial charge in [-0.15, -0.1) is 10.2 Å². The lowest BCUT2D eigenvalue weighted by molar-refractivity contribution is 0.380. The highest BCUT2D eigenvalue weighted by atomic mass is 16.1. The maximum atomic E-state index is 13.2. The zero-order valence-electron chi connectivity index (χ0n) is 19.9. The van der Waals surface area contributed by atoms with E-state index < -0.39 is 0 Å². The minimum atomic E-state index is -0.245. The number of nitrogens with one attached hydrogen (secondary N) is 1. The molecular formula is C26H32N6O. The number of imidazole rings is 1. The second kappa shape index (κ2) is 9.57. The molecule has 0 bridgehead atoms. The highest BCUT2D eigenvalue weighted by Gasteiger charge is 2.20. The quantitative estimate of drug-likeness (QED) is 0.386. The van der Waals surface area contributed by atoms with Crippen molar-refractivity contribution in [1.82, 2.24) is 29.8 Å². The Morgan fingerprint density at radius 1 is 0.970 bits per heavy atom. The van der Waals surface area contributed by atoms with Crippen molar-refractivity contribution in [3.05, 3.63) is 76.5 Å². The van der Waals surface area contributed by atoms with Crippen molar-refractivity contribution in [2.45, 2.75) is 65.5 Å². The van der Waals surface area contributed by atoms with Crippen LogP contribution in [0, 0.1) is 0 Å². The van der Waals surface area contributed by atoms with Crippen LogP contribution >= 0.6 is 0 Å². The molecule has 1 N–H and O–H groups in total. The molecule has 0 fully saturated rings. The fourth-order valence-corrected chi connectivity index (χ4v) is 4.11. The van der Waals surface area contributed by atoms with E-state index in [9.17, 15) is 4.79 Å². The molecule has 0 unspecified atom stereocenters. The zero-order chi connectivity index (χ0) is 23.4. The third-order valence-corrected chi connectivity index (χ3v) is 5.94. The smallest absolute Gasteiger partial charge is 0.294 e. The van der Waals surface area contributed by atoms with E-state index in [-0.39, 0.29) is 11.2 Å². The number of hydrogen-bond donors (Lipinski definition) is 1. The fraction of sp³-hybridized carbons (Fsp3) is 0.385. The summed E-state index contributed by atoms with van der Waals surface area (Å²) in [6, 6.07) is 16.4. The van der Waals surface area contributed by atoms with Crippen molar-refractivity contribution in [3.63, 3.8) is 0 Å². The predicted octanol–water partition coefficient (Wildman–Crippen LogP) is 5.03. The average Bonchev–Trinajstić information content (AvgIpc) is 3.44. The lowest BCUT2D eigenvalue weighted by Gasteiger charge is -2.19. The van der Waals surface area contributed by atoms with Gasteiger partial charge in [-0.1, -0.05) is 68.3 Å². The monoisotopic (exact) mass is 444 g/mol. The van der Waals surface area contributed by atoms with Crippen molar-refractivity contribution in [1.29, 1.82) is 0 Å². The van der Waals surface area contributed by atoms with Gasteiger partial charge in [-0.25, -0.2) is 4.79 Å². The number of benzene rings is 2. The third kappa shape index (κ3) is 4.97. The Balaban J connectivity index is 1.63. The van der Waals surface area contributed by atoms with Gasteiger partial charge in [-0.3, -0.25) is 9.13 Å². The summed E-state index contributed by atoms with van der Waals surface area (Å²) in [4.78, 5) is 13.2. The summed E-state index contributed by atoms with van der Waals surface area (Å²) < 4.78 is 3.80. The van der Waals surface area contributed by atoms with Crippen molar-refractivity contribution < 1.29 is 0 Å². The number of aromatic nitrogens is 6. The summed E-state index contributed by atoms with van der Waals surface area (Å²) in [6.45, 7) is 8.99. The molecule has 0 atom stereocenters. The second-order valence-electron chi connectivity index (χ2n) is 9.47. The van der Waals surface area contributed by atoms with Crippen LogP contribution in [0.1, 0.15) is 58.2 Å². The molecule has 0 aliphatic heterocycles. The first-order valence-electron chi connectivity index (χ1n) is 11.6. The number of tetrazole rings is 1. The topological polar surface area (TPSA) is 81.4 Å². The number of hydrogen-bond acceptors (Lipinski definition) is 4. The van der Waals surface area contributed by atoms with Crippen molar-refractivity contribution in [3.8, 4) is 22.5 Å². The lowest BCUT2D eigenvalue weighted by Crippen LogP contribution is -2.34. The number of nitrogens with zero attached hydrogens (tertiary/aromatic N) is 5. The molecule has 33 heavy (non-hydrogen) atoms.